The molecule has 0 aliphatic rings. The van der Waals surface area contributed by atoms with Crippen molar-refractivity contribution >= 4 is 23.7 Å². The highest BCUT2D eigenvalue weighted by atomic mass is 32.2. The number of carbonyl (C=O) groups is 2. The summed E-state index contributed by atoms with van der Waals surface area (Å²) in [4.78, 5) is 23.1. The fourth-order valence-corrected chi connectivity index (χ4v) is 4.75. The smallest absolute Gasteiger partial charge is 0.309 e. The summed E-state index contributed by atoms with van der Waals surface area (Å²) in [5.41, 5.74) is 2.33. The van der Waals surface area contributed by atoms with Crippen molar-refractivity contribution < 1.29 is 24.9 Å². The topological polar surface area (TPSA) is 94.8 Å². The molecule has 0 aliphatic carbocycles. The van der Waals surface area contributed by atoms with Crippen LogP contribution in [0.4, 0.5) is 0 Å². The molecule has 31 heavy (non-hydrogen) atoms. The molecule has 3 N–H and O–H groups in total. The highest BCUT2D eigenvalue weighted by molar-refractivity contribution is 7.99. The molecule has 2 atom stereocenters. The first kappa shape index (κ1) is 27.5. The molecule has 0 saturated heterocycles. The first-order valence-corrected chi connectivity index (χ1v) is 12.7. The van der Waals surface area contributed by atoms with Gasteiger partial charge in [-0.2, -0.15) is 0 Å². The minimum atomic E-state index is -1.29. The van der Waals surface area contributed by atoms with Crippen LogP contribution in [0.5, 0.6) is 0 Å². The molecule has 0 bridgehead atoms. The third-order valence-corrected chi connectivity index (χ3v) is 6.92. The highest BCUT2D eigenvalue weighted by Crippen LogP contribution is 2.27. The second-order valence-electron chi connectivity index (χ2n) is 8.45. The molecule has 5 nitrogen and oxygen atoms in total. The second-order valence-corrected chi connectivity index (χ2v) is 9.51. The standard InChI is InChI=1S/C25H40O5S/c1-3-4-5-6-7-8-9-10-11-12-13-20-15-14-19(2)23(16-20)31-18-22(26)21(25(29)30)17-24(27)28/h14-16,21-22,26H,3-13,17-18H2,1-2H3,(H,27,28)(H,29,30). The largest absolute Gasteiger partial charge is 0.481 e. The van der Waals surface area contributed by atoms with Gasteiger partial charge in [0.2, 0.25) is 0 Å². The summed E-state index contributed by atoms with van der Waals surface area (Å²) in [5.74, 6) is -3.62. The molecule has 0 saturated carbocycles. The molecule has 0 radical (unpaired) electrons. The van der Waals surface area contributed by atoms with Crippen LogP contribution < -0.4 is 0 Å². The third kappa shape index (κ3) is 12.2. The number of hydrogen-bond acceptors (Lipinski definition) is 4. The van der Waals surface area contributed by atoms with Gasteiger partial charge in [-0.05, 0) is 37.0 Å². The lowest BCUT2D eigenvalue weighted by Crippen LogP contribution is -2.32. The number of carboxylic acid groups (broad SMARTS) is 2. The van der Waals surface area contributed by atoms with Crippen molar-refractivity contribution in [1.82, 2.24) is 0 Å². The number of rotatable bonds is 18. The maximum absolute atomic E-state index is 11.2. The first-order valence-electron chi connectivity index (χ1n) is 11.7. The zero-order valence-electron chi connectivity index (χ0n) is 19.1. The van der Waals surface area contributed by atoms with Crippen LogP contribution in [0.25, 0.3) is 0 Å². The van der Waals surface area contributed by atoms with Gasteiger partial charge in [0, 0.05) is 10.6 Å². The highest BCUT2D eigenvalue weighted by Gasteiger charge is 2.29. The summed E-state index contributed by atoms with van der Waals surface area (Å²) in [6.45, 7) is 4.24. The first-order chi connectivity index (χ1) is 14.8. The van der Waals surface area contributed by atoms with E-state index in [1.165, 1.54) is 75.1 Å². The van der Waals surface area contributed by atoms with Crippen molar-refractivity contribution in [2.75, 3.05) is 5.75 Å². The van der Waals surface area contributed by atoms with Gasteiger partial charge in [-0.3, -0.25) is 9.59 Å². The van der Waals surface area contributed by atoms with Crippen molar-refractivity contribution in [3.63, 3.8) is 0 Å². The van der Waals surface area contributed by atoms with Gasteiger partial charge in [0.15, 0.2) is 0 Å². The zero-order valence-corrected chi connectivity index (χ0v) is 20.0. The number of aryl methyl sites for hydroxylation is 2. The normalized spacial score (nSPS) is 13.1. The Morgan fingerprint density at radius 3 is 2.06 bits per heavy atom. The summed E-state index contributed by atoms with van der Waals surface area (Å²) in [7, 11) is 0. The van der Waals surface area contributed by atoms with E-state index in [2.05, 4.69) is 25.1 Å². The monoisotopic (exact) mass is 452 g/mol. The number of carboxylic acids is 2. The Kier molecular flexibility index (Phi) is 14.3. The molecular weight excluding hydrogens is 412 g/mol. The number of thioether (sulfide) groups is 1. The zero-order chi connectivity index (χ0) is 23.1. The Balaban J connectivity index is 2.37. The minimum absolute atomic E-state index is 0.160. The van der Waals surface area contributed by atoms with Gasteiger partial charge in [0.1, 0.15) is 0 Å². The van der Waals surface area contributed by atoms with Gasteiger partial charge in [-0.15, -0.1) is 11.8 Å². The van der Waals surface area contributed by atoms with Gasteiger partial charge in [0.25, 0.3) is 0 Å². The molecular formula is C25H40O5S. The van der Waals surface area contributed by atoms with Crippen molar-refractivity contribution in [2.24, 2.45) is 5.92 Å². The second kappa shape index (κ2) is 16.2. The van der Waals surface area contributed by atoms with Gasteiger partial charge in [-0.1, -0.05) is 76.8 Å². The molecule has 0 aliphatic heterocycles. The number of aliphatic carboxylic acids is 2. The summed E-state index contributed by atoms with van der Waals surface area (Å²) in [6, 6.07) is 6.31. The molecule has 1 rings (SSSR count). The van der Waals surface area contributed by atoms with Crippen LogP contribution in [0.2, 0.25) is 0 Å². The molecule has 6 heteroatoms. The van der Waals surface area contributed by atoms with Crippen molar-refractivity contribution in [3.05, 3.63) is 29.3 Å². The van der Waals surface area contributed by atoms with Crippen LogP contribution in [0.3, 0.4) is 0 Å². The molecule has 176 valence electrons. The number of hydrogen-bond donors (Lipinski definition) is 3. The fraction of sp³-hybridized carbons (Fsp3) is 0.680. The van der Waals surface area contributed by atoms with Crippen LogP contribution in [0.1, 0.15) is 88.7 Å². The molecule has 2 unspecified atom stereocenters. The summed E-state index contributed by atoms with van der Waals surface area (Å²) in [5, 5.41) is 28.2. The van der Waals surface area contributed by atoms with Gasteiger partial charge in [-0.25, -0.2) is 0 Å². The molecule has 0 spiro atoms. The van der Waals surface area contributed by atoms with Gasteiger partial charge >= 0.3 is 11.9 Å². The average Bonchev–Trinajstić information content (AvgIpc) is 2.72. The van der Waals surface area contributed by atoms with Crippen molar-refractivity contribution in [3.8, 4) is 0 Å². The predicted octanol–water partition coefficient (Wildman–Crippen LogP) is 6.09. The van der Waals surface area contributed by atoms with Crippen LogP contribution in [-0.2, 0) is 16.0 Å². The summed E-state index contributed by atoms with van der Waals surface area (Å²) >= 11 is 1.39. The van der Waals surface area contributed by atoms with E-state index in [-0.39, 0.29) is 5.75 Å². The molecule has 1 aromatic carbocycles. The SMILES string of the molecule is CCCCCCCCCCCCc1ccc(C)c(SCC(O)C(CC(=O)O)C(=O)O)c1. The fourth-order valence-electron chi connectivity index (χ4n) is 3.64. The number of unbranched alkanes of at least 4 members (excludes halogenated alkanes) is 9. The van der Waals surface area contributed by atoms with Crippen LogP contribution in [0.15, 0.2) is 23.1 Å². The number of benzene rings is 1. The number of aliphatic hydroxyl groups excluding tert-OH is 1. The summed E-state index contributed by atoms with van der Waals surface area (Å²) in [6.07, 6.45) is 12.3. The maximum atomic E-state index is 11.2. The quantitative estimate of drug-likeness (QED) is 0.184. The Labute approximate surface area is 191 Å². The Bertz CT molecular complexity index is 661. The van der Waals surface area contributed by atoms with E-state index in [0.717, 1.165) is 23.3 Å². The molecule has 0 aromatic heterocycles. The van der Waals surface area contributed by atoms with E-state index in [0.29, 0.717) is 0 Å². The van der Waals surface area contributed by atoms with E-state index in [1.54, 1.807) is 0 Å². The minimum Gasteiger partial charge on any atom is -0.481 e. The third-order valence-electron chi connectivity index (χ3n) is 5.66. The van der Waals surface area contributed by atoms with E-state index >= 15 is 0 Å². The molecule has 0 amide bonds. The van der Waals surface area contributed by atoms with E-state index in [9.17, 15) is 19.8 Å². The van der Waals surface area contributed by atoms with E-state index in [1.807, 2.05) is 6.92 Å². The maximum Gasteiger partial charge on any atom is 0.309 e. The predicted molar refractivity (Wildman–Crippen MR) is 127 cm³/mol. The van der Waals surface area contributed by atoms with Gasteiger partial charge in [0.05, 0.1) is 18.4 Å². The van der Waals surface area contributed by atoms with Crippen molar-refractivity contribution in [2.45, 2.75) is 102 Å². The van der Waals surface area contributed by atoms with Crippen LogP contribution in [-0.4, -0.2) is 39.1 Å². The Morgan fingerprint density at radius 1 is 0.935 bits per heavy atom. The Hall–Kier alpha value is -1.53. The van der Waals surface area contributed by atoms with Crippen molar-refractivity contribution in [1.29, 1.82) is 0 Å². The van der Waals surface area contributed by atoms with Gasteiger partial charge < -0.3 is 15.3 Å². The molecule has 0 fully saturated rings. The van der Waals surface area contributed by atoms with E-state index in [4.69, 9.17) is 5.11 Å². The lowest BCUT2D eigenvalue weighted by atomic mass is 10.0. The molecule has 1 aromatic rings. The average molecular weight is 453 g/mol. The lowest BCUT2D eigenvalue weighted by molar-refractivity contribution is -0.151. The Morgan fingerprint density at radius 2 is 1.52 bits per heavy atom. The number of aliphatic hydroxyl groups is 1. The van der Waals surface area contributed by atoms with Crippen LogP contribution in [0, 0.1) is 12.8 Å². The van der Waals surface area contributed by atoms with Crippen LogP contribution >= 0.6 is 11.8 Å². The summed E-state index contributed by atoms with van der Waals surface area (Å²) < 4.78 is 0. The lowest BCUT2D eigenvalue weighted by Gasteiger charge is -2.18. The van der Waals surface area contributed by atoms with E-state index < -0.39 is 30.4 Å². The molecule has 0 heterocycles.